The molecule has 0 saturated carbocycles. The monoisotopic (exact) mass is 396 g/mol. The fourth-order valence-corrected chi connectivity index (χ4v) is 4.06. The molecule has 0 radical (unpaired) electrons. The van der Waals surface area contributed by atoms with Crippen molar-refractivity contribution in [2.75, 3.05) is 15.9 Å². The van der Waals surface area contributed by atoms with Gasteiger partial charge in [0.1, 0.15) is 17.7 Å². The third kappa shape index (κ3) is 4.82. The summed E-state index contributed by atoms with van der Waals surface area (Å²) in [6, 6.07) is 6.96. The Bertz CT molecular complexity index is 961. The molecule has 1 N–H and O–H groups in total. The van der Waals surface area contributed by atoms with Gasteiger partial charge >= 0.3 is 0 Å². The zero-order valence-electron chi connectivity index (χ0n) is 15.6. The fourth-order valence-electron chi connectivity index (χ4n) is 2.80. The van der Waals surface area contributed by atoms with E-state index in [0.717, 1.165) is 28.3 Å². The van der Waals surface area contributed by atoms with E-state index in [9.17, 15) is 22.0 Å². The summed E-state index contributed by atoms with van der Waals surface area (Å²) in [5.41, 5.74) is 1.70. The van der Waals surface area contributed by atoms with Crippen molar-refractivity contribution in [1.29, 1.82) is 0 Å². The number of halogens is 2. The lowest BCUT2D eigenvalue weighted by molar-refractivity contribution is -0.117. The van der Waals surface area contributed by atoms with Gasteiger partial charge in [0.2, 0.25) is 15.9 Å². The Morgan fingerprint density at radius 1 is 1.15 bits per heavy atom. The van der Waals surface area contributed by atoms with Gasteiger partial charge in [-0.2, -0.15) is 0 Å². The maximum Gasteiger partial charge on any atom is 0.248 e. The molecule has 0 spiro atoms. The Morgan fingerprint density at radius 3 is 2.37 bits per heavy atom. The number of anilines is 2. The van der Waals surface area contributed by atoms with E-state index in [-0.39, 0.29) is 12.1 Å². The maximum absolute atomic E-state index is 13.9. The number of hydrogen-bond donors (Lipinski definition) is 1. The standard InChI is InChI=1S/C19H22F2N2O3S/c1-5-17(19(24)22-16-9-8-14(20)11-15(16)21)23(27(4,25)26)18-10-12(2)6-7-13(18)3/h6-11,17H,5H2,1-4H3,(H,22,24)/t17-/m0/s1. The van der Waals surface area contributed by atoms with Crippen molar-refractivity contribution in [2.45, 2.75) is 33.2 Å². The molecule has 0 aliphatic heterocycles. The molecule has 2 aromatic rings. The molecule has 0 heterocycles. The second-order valence-corrected chi connectivity index (χ2v) is 8.25. The van der Waals surface area contributed by atoms with Crippen LogP contribution in [-0.2, 0) is 14.8 Å². The first-order chi connectivity index (χ1) is 12.5. The first-order valence-corrected chi connectivity index (χ1v) is 10.2. The lowest BCUT2D eigenvalue weighted by Gasteiger charge is -2.31. The molecule has 0 saturated heterocycles. The molecule has 0 fully saturated rings. The van der Waals surface area contributed by atoms with Gasteiger partial charge in [0.05, 0.1) is 17.6 Å². The number of amides is 1. The van der Waals surface area contributed by atoms with Gasteiger partial charge in [-0.1, -0.05) is 19.1 Å². The van der Waals surface area contributed by atoms with Gasteiger partial charge < -0.3 is 5.32 Å². The highest BCUT2D eigenvalue weighted by molar-refractivity contribution is 7.92. The van der Waals surface area contributed by atoms with Gasteiger partial charge in [0.25, 0.3) is 0 Å². The van der Waals surface area contributed by atoms with Gasteiger partial charge in [-0.15, -0.1) is 0 Å². The van der Waals surface area contributed by atoms with Crippen LogP contribution in [0.4, 0.5) is 20.2 Å². The Labute approximate surface area is 158 Å². The average molecular weight is 396 g/mol. The molecule has 2 rings (SSSR count). The molecule has 2 aromatic carbocycles. The molecule has 0 aromatic heterocycles. The lowest BCUT2D eigenvalue weighted by atomic mass is 10.1. The van der Waals surface area contributed by atoms with Gasteiger partial charge in [-0.05, 0) is 49.6 Å². The number of rotatable bonds is 6. The first kappa shape index (κ1) is 20.8. The topological polar surface area (TPSA) is 66.5 Å². The molecule has 0 unspecified atom stereocenters. The van der Waals surface area contributed by atoms with Crippen LogP contribution in [0.3, 0.4) is 0 Å². The number of carbonyl (C=O) groups is 1. The van der Waals surface area contributed by atoms with Crippen molar-refractivity contribution in [3.63, 3.8) is 0 Å². The number of carbonyl (C=O) groups excluding carboxylic acids is 1. The van der Waals surface area contributed by atoms with Crippen molar-refractivity contribution in [1.82, 2.24) is 0 Å². The molecule has 0 bridgehead atoms. The molecule has 5 nitrogen and oxygen atoms in total. The highest BCUT2D eigenvalue weighted by atomic mass is 32.2. The summed E-state index contributed by atoms with van der Waals surface area (Å²) < 4.78 is 52.9. The van der Waals surface area contributed by atoms with Crippen molar-refractivity contribution in [3.05, 3.63) is 59.2 Å². The van der Waals surface area contributed by atoms with E-state index in [1.165, 1.54) is 0 Å². The van der Waals surface area contributed by atoms with Crippen LogP contribution >= 0.6 is 0 Å². The van der Waals surface area contributed by atoms with Crippen LogP contribution in [0.25, 0.3) is 0 Å². The van der Waals surface area contributed by atoms with Crippen LogP contribution in [0.2, 0.25) is 0 Å². The second kappa shape index (κ2) is 8.04. The third-order valence-corrected chi connectivity index (χ3v) is 5.29. The summed E-state index contributed by atoms with van der Waals surface area (Å²) in [6.45, 7) is 5.23. The number of hydrogen-bond acceptors (Lipinski definition) is 3. The number of nitrogens with zero attached hydrogens (tertiary/aromatic N) is 1. The summed E-state index contributed by atoms with van der Waals surface area (Å²) in [7, 11) is -3.80. The van der Waals surface area contributed by atoms with Gasteiger partial charge in [-0.3, -0.25) is 9.10 Å². The number of nitrogens with one attached hydrogen (secondary N) is 1. The summed E-state index contributed by atoms with van der Waals surface area (Å²) in [5.74, 6) is -2.41. The Kier molecular flexibility index (Phi) is 6.20. The Balaban J connectivity index is 2.46. The molecule has 1 amide bonds. The first-order valence-electron chi connectivity index (χ1n) is 8.37. The fraction of sp³-hybridized carbons (Fsp3) is 0.316. The molecule has 8 heteroatoms. The van der Waals surface area contributed by atoms with Crippen molar-refractivity contribution >= 4 is 27.3 Å². The van der Waals surface area contributed by atoms with Crippen LogP contribution in [-0.4, -0.2) is 26.6 Å². The zero-order valence-corrected chi connectivity index (χ0v) is 16.4. The highest BCUT2D eigenvalue weighted by Crippen LogP contribution is 2.28. The summed E-state index contributed by atoms with van der Waals surface area (Å²) in [5, 5.41) is 2.36. The van der Waals surface area contributed by atoms with E-state index in [0.29, 0.717) is 17.3 Å². The lowest BCUT2D eigenvalue weighted by Crippen LogP contribution is -2.47. The van der Waals surface area contributed by atoms with Gasteiger partial charge in [0.15, 0.2) is 0 Å². The summed E-state index contributed by atoms with van der Waals surface area (Å²) in [4.78, 5) is 12.8. The molecular formula is C19H22F2N2O3S. The number of sulfonamides is 1. The Hall–Kier alpha value is -2.48. The van der Waals surface area contributed by atoms with Crippen molar-refractivity contribution < 1.29 is 22.0 Å². The smallest absolute Gasteiger partial charge is 0.248 e. The third-order valence-electron chi connectivity index (χ3n) is 4.12. The molecule has 0 aliphatic rings. The zero-order chi connectivity index (χ0) is 20.4. The van der Waals surface area contributed by atoms with Crippen LogP contribution < -0.4 is 9.62 Å². The normalized spacial score (nSPS) is 12.5. The Morgan fingerprint density at radius 2 is 1.81 bits per heavy atom. The highest BCUT2D eigenvalue weighted by Gasteiger charge is 2.32. The van der Waals surface area contributed by atoms with Gasteiger partial charge in [-0.25, -0.2) is 17.2 Å². The maximum atomic E-state index is 13.9. The molecule has 0 aliphatic carbocycles. The van der Waals surface area contributed by atoms with Crippen molar-refractivity contribution in [3.8, 4) is 0 Å². The number of aryl methyl sites for hydroxylation is 2. The van der Waals surface area contributed by atoms with E-state index < -0.39 is 33.6 Å². The number of benzene rings is 2. The van der Waals surface area contributed by atoms with E-state index in [4.69, 9.17) is 0 Å². The molecule has 27 heavy (non-hydrogen) atoms. The average Bonchev–Trinajstić information content (AvgIpc) is 2.56. The SMILES string of the molecule is CC[C@@H](C(=O)Nc1ccc(F)cc1F)N(c1cc(C)ccc1C)S(C)(=O)=O. The summed E-state index contributed by atoms with van der Waals surface area (Å²) >= 11 is 0. The van der Waals surface area contributed by atoms with E-state index in [1.54, 1.807) is 26.0 Å². The van der Waals surface area contributed by atoms with Crippen LogP contribution in [0.1, 0.15) is 24.5 Å². The van der Waals surface area contributed by atoms with Crippen LogP contribution in [0.15, 0.2) is 36.4 Å². The van der Waals surface area contributed by atoms with Crippen LogP contribution in [0.5, 0.6) is 0 Å². The largest absolute Gasteiger partial charge is 0.322 e. The van der Waals surface area contributed by atoms with E-state index in [2.05, 4.69) is 5.32 Å². The minimum absolute atomic E-state index is 0.162. The predicted octanol–water partition coefficient (Wildman–Crippen LogP) is 3.76. The van der Waals surface area contributed by atoms with E-state index >= 15 is 0 Å². The summed E-state index contributed by atoms with van der Waals surface area (Å²) in [6.07, 6.45) is 1.18. The quantitative estimate of drug-likeness (QED) is 0.808. The van der Waals surface area contributed by atoms with E-state index in [1.807, 2.05) is 13.0 Å². The van der Waals surface area contributed by atoms with Gasteiger partial charge in [0, 0.05) is 6.07 Å². The van der Waals surface area contributed by atoms with Crippen molar-refractivity contribution in [2.24, 2.45) is 0 Å². The second-order valence-electron chi connectivity index (χ2n) is 6.39. The minimum atomic E-state index is -3.80. The molecule has 1 atom stereocenters. The predicted molar refractivity (Wildman–Crippen MR) is 102 cm³/mol. The minimum Gasteiger partial charge on any atom is -0.322 e. The molecular weight excluding hydrogens is 374 g/mol. The van der Waals surface area contributed by atoms with Crippen LogP contribution in [0, 0.1) is 25.5 Å². The molecule has 146 valence electrons.